The summed E-state index contributed by atoms with van der Waals surface area (Å²) in [4.78, 5) is 13.8. The summed E-state index contributed by atoms with van der Waals surface area (Å²) in [6.45, 7) is 8.21. The fraction of sp³-hybridized carbons (Fsp3) is 0.917. The Hall–Kier alpha value is -0.610. The molecule has 0 rings (SSSR count). The van der Waals surface area contributed by atoms with Crippen molar-refractivity contribution >= 4 is 5.91 Å². The van der Waals surface area contributed by atoms with Crippen LogP contribution in [0.2, 0.25) is 0 Å². The minimum absolute atomic E-state index is 0.0901. The van der Waals surface area contributed by atoms with E-state index in [4.69, 9.17) is 10.5 Å². The smallest absolute Gasteiger partial charge is 0.222 e. The van der Waals surface area contributed by atoms with Crippen molar-refractivity contribution in [3.05, 3.63) is 0 Å². The van der Waals surface area contributed by atoms with E-state index in [1.54, 1.807) is 7.11 Å². The van der Waals surface area contributed by atoms with Gasteiger partial charge in [0.15, 0.2) is 0 Å². The Morgan fingerprint density at radius 2 is 2.00 bits per heavy atom. The molecule has 1 unspecified atom stereocenters. The van der Waals surface area contributed by atoms with Crippen molar-refractivity contribution in [1.29, 1.82) is 0 Å². The second-order valence-corrected chi connectivity index (χ2v) is 4.74. The van der Waals surface area contributed by atoms with Gasteiger partial charge in [-0.15, -0.1) is 0 Å². The van der Waals surface area contributed by atoms with Crippen molar-refractivity contribution in [2.45, 2.75) is 39.7 Å². The number of carbonyl (C=O) groups excluding carboxylic acids is 1. The molecular formula is C12H26N2O2. The second kappa shape index (κ2) is 8.53. The van der Waals surface area contributed by atoms with Crippen molar-refractivity contribution < 1.29 is 9.53 Å². The molecule has 0 heterocycles. The van der Waals surface area contributed by atoms with Gasteiger partial charge in [-0.05, 0) is 19.3 Å². The van der Waals surface area contributed by atoms with Crippen LogP contribution in [0.4, 0.5) is 0 Å². The van der Waals surface area contributed by atoms with E-state index in [1.165, 1.54) is 0 Å². The molecule has 16 heavy (non-hydrogen) atoms. The number of carbonyl (C=O) groups is 1. The first-order valence-electron chi connectivity index (χ1n) is 5.99. The molecule has 0 aliphatic rings. The van der Waals surface area contributed by atoms with Gasteiger partial charge in [-0.2, -0.15) is 0 Å². The largest absolute Gasteiger partial charge is 0.383 e. The SMILES string of the molecule is COCCN(CC(C)C)C(=O)CCC(C)N. The Morgan fingerprint density at radius 1 is 1.38 bits per heavy atom. The summed E-state index contributed by atoms with van der Waals surface area (Å²) in [7, 11) is 1.65. The van der Waals surface area contributed by atoms with Crippen LogP contribution in [0.1, 0.15) is 33.6 Å². The maximum absolute atomic E-state index is 11.9. The number of hydrogen-bond donors (Lipinski definition) is 1. The monoisotopic (exact) mass is 230 g/mol. The molecule has 0 fully saturated rings. The molecule has 0 aliphatic heterocycles. The van der Waals surface area contributed by atoms with E-state index in [-0.39, 0.29) is 11.9 Å². The normalized spacial score (nSPS) is 12.9. The van der Waals surface area contributed by atoms with Crippen molar-refractivity contribution in [3.8, 4) is 0 Å². The highest BCUT2D eigenvalue weighted by Crippen LogP contribution is 2.04. The Morgan fingerprint density at radius 3 is 2.44 bits per heavy atom. The molecule has 0 aromatic carbocycles. The first kappa shape index (κ1) is 15.4. The number of ether oxygens (including phenoxy) is 1. The third kappa shape index (κ3) is 7.65. The van der Waals surface area contributed by atoms with Gasteiger partial charge in [0.05, 0.1) is 6.61 Å². The number of nitrogens with zero attached hydrogens (tertiary/aromatic N) is 1. The fourth-order valence-corrected chi connectivity index (χ4v) is 1.47. The minimum Gasteiger partial charge on any atom is -0.383 e. The standard InChI is InChI=1S/C12H26N2O2/c1-10(2)9-14(7-8-16-4)12(15)6-5-11(3)13/h10-11H,5-9,13H2,1-4H3. The van der Waals surface area contributed by atoms with Gasteiger partial charge < -0.3 is 15.4 Å². The maximum atomic E-state index is 11.9. The first-order chi connectivity index (χ1) is 7.47. The number of amides is 1. The van der Waals surface area contributed by atoms with Crippen LogP contribution in [0.25, 0.3) is 0 Å². The van der Waals surface area contributed by atoms with Gasteiger partial charge in [0, 0.05) is 32.7 Å². The number of methoxy groups -OCH3 is 1. The van der Waals surface area contributed by atoms with Crippen molar-refractivity contribution in [2.75, 3.05) is 26.8 Å². The summed E-state index contributed by atoms with van der Waals surface area (Å²) < 4.78 is 5.01. The molecule has 4 heteroatoms. The molecule has 2 N–H and O–H groups in total. The molecule has 0 saturated carbocycles. The predicted octanol–water partition coefficient (Wildman–Crippen LogP) is 1.24. The quantitative estimate of drug-likeness (QED) is 0.682. The second-order valence-electron chi connectivity index (χ2n) is 4.74. The summed E-state index contributed by atoms with van der Waals surface area (Å²) in [5, 5.41) is 0. The van der Waals surface area contributed by atoms with Gasteiger partial charge in [-0.25, -0.2) is 0 Å². The number of rotatable bonds is 8. The molecule has 96 valence electrons. The number of nitrogens with two attached hydrogens (primary N) is 1. The van der Waals surface area contributed by atoms with Crippen LogP contribution in [0, 0.1) is 5.92 Å². The topological polar surface area (TPSA) is 55.6 Å². The zero-order chi connectivity index (χ0) is 12.6. The van der Waals surface area contributed by atoms with Gasteiger partial charge in [-0.3, -0.25) is 4.79 Å². The lowest BCUT2D eigenvalue weighted by Gasteiger charge is -2.24. The highest BCUT2D eigenvalue weighted by molar-refractivity contribution is 5.76. The molecule has 0 bridgehead atoms. The lowest BCUT2D eigenvalue weighted by molar-refractivity contribution is -0.132. The van der Waals surface area contributed by atoms with Crippen LogP contribution in [0.15, 0.2) is 0 Å². The zero-order valence-electron chi connectivity index (χ0n) is 11.0. The molecule has 0 aliphatic carbocycles. The molecule has 0 radical (unpaired) electrons. The van der Waals surface area contributed by atoms with Gasteiger partial charge in [0.25, 0.3) is 0 Å². The summed E-state index contributed by atoms with van der Waals surface area (Å²) in [6.07, 6.45) is 1.29. The molecule has 0 saturated heterocycles. The minimum atomic E-state index is 0.0901. The van der Waals surface area contributed by atoms with E-state index in [0.717, 1.165) is 13.0 Å². The summed E-state index contributed by atoms with van der Waals surface area (Å²) in [5.41, 5.74) is 5.65. The molecule has 0 aromatic heterocycles. The van der Waals surface area contributed by atoms with E-state index in [0.29, 0.717) is 25.5 Å². The zero-order valence-corrected chi connectivity index (χ0v) is 11.0. The third-order valence-electron chi connectivity index (χ3n) is 2.32. The molecule has 1 atom stereocenters. The van der Waals surface area contributed by atoms with Gasteiger partial charge >= 0.3 is 0 Å². The van der Waals surface area contributed by atoms with Crippen LogP contribution >= 0.6 is 0 Å². The van der Waals surface area contributed by atoms with Crippen molar-refractivity contribution in [3.63, 3.8) is 0 Å². The van der Waals surface area contributed by atoms with Crippen molar-refractivity contribution in [1.82, 2.24) is 4.90 Å². The van der Waals surface area contributed by atoms with Gasteiger partial charge in [-0.1, -0.05) is 13.8 Å². The predicted molar refractivity (Wildman–Crippen MR) is 66.2 cm³/mol. The average Bonchev–Trinajstić information content (AvgIpc) is 2.20. The lowest BCUT2D eigenvalue weighted by Crippen LogP contribution is -2.37. The van der Waals surface area contributed by atoms with Gasteiger partial charge in [0.1, 0.15) is 0 Å². The highest BCUT2D eigenvalue weighted by Gasteiger charge is 2.14. The van der Waals surface area contributed by atoms with Crippen LogP contribution < -0.4 is 5.73 Å². The Kier molecular flexibility index (Phi) is 8.21. The molecule has 0 aromatic rings. The molecular weight excluding hydrogens is 204 g/mol. The molecule has 0 spiro atoms. The van der Waals surface area contributed by atoms with Crippen LogP contribution in [0.5, 0.6) is 0 Å². The summed E-state index contributed by atoms with van der Waals surface area (Å²) >= 11 is 0. The maximum Gasteiger partial charge on any atom is 0.222 e. The van der Waals surface area contributed by atoms with E-state index in [2.05, 4.69) is 13.8 Å². The van der Waals surface area contributed by atoms with Gasteiger partial charge in [0.2, 0.25) is 5.91 Å². The first-order valence-corrected chi connectivity index (χ1v) is 5.99. The number of hydrogen-bond acceptors (Lipinski definition) is 3. The van der Waals surface area contributed by atoms with Crippen LogP contribution in [0.3, 0.4) is 0 Å². The average molecular weight is 230 g/mol. The Bertz CT molecular complexity index is 193. The lowest BCUT2D eigenvalue weighted by atomic mass is 10.1. The third-order valence-corrected chi connectivity index (χ3v) is 2.32. The fourth-order valence-electron chi connectivity index (χ4n) is 1.47. The molecule has 1 amide bonds. The highest BCUT2D eigenvalue weighted by atomic mass is 16.5. The van der Waals surface area contributed by atoms with E-state index < -0.39 is 0 Å². The van der Waals surface area contributed by atoms with Crippen LogP contribution in [-0.4, -0.2) is 43.7 Å². The van der Waals surface area contributed by atoms with E-state index in [9.17, 15) is 4.79 Å². The summed E-state index contributed by atoms with van der Waals surface area (Å²) in [6, 6.07) is 0.0901. The van der Waals surface area contributed by atoms with E-state index in [1.807, 2.05) is 11.8 Å². The van der Waals surface area contributed by atoms with E-state index >= 15 is 0 Å². The molecule has 4 nitrogen and oxygen atoms in total. The summed E-state index contributed by atoms with van der Waals surface area (Å²) in [5.74, 6) is 0.666. The van der Waals surface area contributed by atoms with Crippen LogP contribution in [-0.2, 0) is 9.53 Å². The van der Waals surface area contributed by atoms with Crippen molar-refractivity contribution in [2.24, 2.45) is 11.7 Å². The Labute approximate surface area is 99.1 Å². The Balaban J connectivity index is 4.09.